The Morgan fingerprint density at radius 3 is 2.90 bits per heavy atom. The maximum absolute atomic E-state index is 5.34. The molecular weight excluding hydrogens is 260 g/mol. The van der Waals surface area contributed by atoms with E-state index in [0.717, 1.165) is 24.3 Å². The van der Waals surface area contributed by atoms with Crippen LogP contribution in [0, 0.1) is 0 Å². The highest BCUT2D eigenvalue weighted by molar-refractivity contribution is 5.38. The second kappa shape index (κ2) is 6.27. The van der Waals surface area contributed by atoms with Gasteiger partial charge in [-0.25, -0.2) is 0 Å². The van der Waals surface area contributed by atoms with E-state index < -0.39 is 0 Å². The fourth-order valence-corrected chi connectivity index (χ4v) is 3.07. The Labute approximate surface area is 126 Å². The Balaban J connectivity index is 1.68. The van der Waals surface area contributed by atoms with E-state index in [4.69, 9.17) is 4.74 Å². The molecule has 0 aliphatic heterocycles. The fraction of sp³-hybridized carbons (Fsp3) is 0.389. The summed E-state index contributed by atoms with van der Waals surface area (Å²) in [5.41, 5.74) is 3.97. The van der Waals surface area contributed by atoms with Crippen LogP contribution < -0.4 is 10.1 Å². The molecule has 1 aromatic carbocycles. The standard InChI is InChI=1S/C18H22N2O/c1-13(18-5-3-4-10-19-18)20-16-8-6-14-7-9-17(21-2)12-15(14)11-16/h3-5,7,9-10,12-13,16,20H,6,8,11H2,1-2H3. The number of ether oxygens (including phenoxy) is 1. The molecule has 3 rings (SSSR count). The number of aromatic nitrogens is 1. The van der Waals surface area contributed by atoms with Crippen LogP contribution in [0.2, 0.25) is 0 Å². The van der Waals surface area contributed by atoms with Crippen LogP contribution in [0.1, 0.15) is 36.2 Å². The van der Waals surface area contributed by atoms with Crippen molar-refractivity contribution in [3.63, 3.8) is 0 Å². The smallest absolute Gasteiger partial charge is 0.119 e. The van der Waals surface area contributed by atoms with Gasteiger partial charge in [-0.1, -0.05) is 12.1 Å². The third kappa shape index (κ3) is 3.24. The number of hydrogen-bond donors (Lipinski definition) is 1. The first-order valence-electron chi connectivity index (χ1n) is 7.59. The third-order valence-electron chi connectivity index (χ3n) is 4.26. The number of hydrogen-bond acceptors (Lipinski definition) is 3. The topological polar surface area (TPSA) is 34.1 Å². The largest absolute Gasteiger partial charge is 0.497 e. The first kappa shape index (κ1) is 14.1. The van der Waals surface area contributed by atoms with Gasteiger partial charge in [0.25, 0.3) is 0 Å². The number of aryl methyl sites for hydroxylation is 1. The maximum Gasteiger partial charge on any atom is 0.119 e. The minimum atomic E-state index is 0.281. The monoisotopic (exact) mass is 282 g/mol. The molecule has 0 fully saturated rings. The Bertz CT molecular complexity index is 597. The summed E-state index contributed by atoms with van der Waals surface area (Å²) < 4.78 is 5.34. The van der Waals surface area contributed by atoms with Gasteiger partial charge in [-0.05, 0) is 61.6 Å². The van der Waals surface area contributed by atoms with Crippen LogP contribution >= 0.6 is 0 Å². The molecule has 0 bridgehead atoms. The van der Waals surface area contributed by atoms with Crippen LogP contribution in [0.4, 0.5) is 0 Å². The van der Waals surface area contributed by atoms with E-state index in [-0.39, 0.29) is 6.04 Å². The van der Waals surface area contributed by atoms with E-state index in [0.29, 0.717) is 6.04 Å². The Kier molecular flexibility index (Phi) is 4.20. The van der Waals surface area contributed by atoms with Crippen LogP contribution in [0.25, 0.3) is 0 Å². The van der Waals surface area contributed by atoms with Crippen molar-refractivity contribution in [1.29, 1.82) is 0 Å². The molecule has 0 spiro atoms. The molecule has 0 amide bonds. The molecule has 3 nitrogen and oxygen atoms in total. The van der Waals surface area contributed by atoms with Crippen LogP contribution in [-0.2, 0) is 12.8 Å². The van der Waals surface area contributed by atoms with Crippen LogP contribution in [0.15, 0.2) is 42.6 Å². The summed E-state index contributed by atoms with van der Waals surface area (Å²) in [5.74, 6) is 0.951. The molecule has 0 radical (unpaired) electrons. The summed E-state index contributed by atoms with van der Waals surface area (Å²) in [6.45, 7) is 2.18. The van der Waals surface area contributed by atoms with Gasteiger partial charge in [0.1, 0.15) is 5.75 Å². The zero-order chi connectivity index (χ0) is 14.7. The Morgan fingerprint density at radius 2 is 2.14 bits per heavy atom. The molecule has 0 saturated carbocycles. The number of nitrogens with zero attached hydrogens (tertiary/aromatic N) is 1. The maximum atomic E-state index is 5.34. The van der Waals surface area contributed by atoms with E-state index in [1.165, 1.54) is 17.5 Å². The van der Waals surface area contributed by atoms with Gasteiger partial charge in [0.2, 0.25) is 0 Å². The van der Waals surface area contributed by atoms with E-state index in [1.54, 1.807) is 7.11 Å². The lowest BCUT2D eigenvalue weighted by Crippen LogP contribution is -2.36. The number of nitrogens with one attached hydrogen (secondary N) is 1. The summed E-state index contributed by atoms with van der Waals surface area (Å²) >= 11 is 0. The van der Waals surface area contributed by atoms with Gasteiger partial charge in [0.15, 0.2) is 0 Å². The molecule has 1 aliphatic rings. The van der Waals surface area contributed by atoms with Crippen molar-refractivity contribution in [3.05, 3.63) is 59.4 Å². The number of pyridine rings is 1. The van der Waals surface area contributed by atoms with Crippen molar-refractivity contribution in [1.82, 2.24) is 10.3 Å². The molecule has 1 aliphatic carbocycles. The molecule has 3 heteroatoms. The SMILES string of the molecule is COc1ccc2c(c1)CC(NC(C)c1ccccn1)CC2. The van der Waals surface area contributed by atoms with Gasteiger partial charge in [0.05, 0.1) is 12.8 Å². The summed E-state index contributed by atoms with van der Waals surface area (Å²) in [4.78, 5) is 4.43. The van der Waals surface area contributed by atoms with Crippen molar-refractivity contribution in [2.75, 3.05) is 7.11 Å². The minimum Gasteiger partial charge on any atom is -0.497 e. The summed E-state index contributed by atoms with van der Waals surface area (Å²) in [6, 6.07) is 13.3. The highest BCUT2D eigenvalue weighted by Gasteiger charge is 2.21. The zero-order valence-corrected chi connectivity index (χ0v) is 12.7. The van der Waals surface area contributed by atoms with Crippen LogP contribution in [0.3, 0.4) is 0 Å². The molecule has 1 aromatic heterocycles. The third-order valence-corrected chi connectivity index (χ3v) is 4.26. The first-order valence-corrected chi connectivity index (χ1v) is 7.59. The molecular formula is C18H22N2O. The average Bonchev–Trinajstić information content (AvgIpc) is 2.55. The second-order valence-corrected chi connectivity index (χ2v) is 5.72. The summed E-state index contributed by atoms with van der Waals surface area (Å²) in [5, 5.41) is 3.71. The highest BCUT2D eigenvalue weighted by Crippen LogP contribution is 2.26. The fourth-order valence-electron chi connectivity index (χ4n) is 3.07. The lowest BCUT2D eigenvalue weighted by atomic mass is 9.87. The van der Waals surface area contributed by atoms with Gasteiger partial charge >= 0.3 is 0 Å². The number of fused-ring (bicyclic) bond motifs is 1. The highest BCUT2D eigenvalue weighted by atomic mass is 16.5. The Morgan fingerprint density at radius 1 is 1.24 bits per heavy atom. The van der Waals surface area contributed by atoms with E-state index in [2.05, 4.69) is 41.5 Å². The van der Waals surface area contributed by atoms with Gasteiger partial charge in [-0.3, -0.25) is 4.98 Å². The van der Waals surface area contributed by atoms with Gasteiger partial charge < -0.3 is 10.1 Å². The molecule has 2 atom stereocenters. The predicted molar refractivity (Wildman–Crippen MR) is 84.6 cm³/mol. The number of methoxy groups -OCH3 is 1. The average molecular weight is 282 g/mol. The number of benzene rings is 1. The van der Waals surface area contributed by atoms with Crippen molar-refractivity contribution in [2.24, 2.45) is 0 Å². The van der Waals surface area contributed by atoms with Crippen molar-refractivity contribution < 1.29 is 4.74 Å². The van der Waals surface area contributed by atoms with Crippen molar-refractivity contribution in [2.45, 2.75) is 38.3 Å². The molecule has 2 unspecified atom stereocenters. The quantitative estimate of drug-likeness (QED) is 0.934. The van der Waals surface area contributed by atoms with Gasteiger partial charge in [-0.2, -0.15) is 0 Å². The van der Waals surface area contributed by atoms with Gasteiger partial charge in [0, 0.05) is 18.3 Å². The van der Waals surface area contributed by atoms with Crippen LogP contribution in [0.5, 0.6) is 5.75 Å². The molecule has 0 saturated heterocycles. The lowest BCUT2D eigenvalue weighted by Gasteiger charge is -2.28. The van der Waals surface area contributed by atoms with Crippen molar-refractivity contribution in [3.8, 4) is 5.75 Å². The number of rotatable bonds is 4. The molecule has 110 valence electrons. The minimum absolute atomic E-state index is 0.281. The van der Waals surface area contributed by atoms with E-state index in [1.807, 2.05) is 18.3 Å². The van der Waals surface area contributed by atoms with Crippen molar-refractivity contribution >= 4 is 0 Å². The second-order valence-electron chi connectivity index (χ2n) is 5.72. The molecule has 1 N–H and O–H groups in total. The van der Waals surface area contributed by atoms with Gasteiger partial charge in [-0.15, -0.1) is 0 Å². The molecule has 2 aromatic rings. The molecule has 21 heavy (non-hydrogen) atoms. The predicted octanol–water partition coefficient (Wildman–Crippen LogP) is 3.30. The first-order chi connectivity index (χ1) is 10.3. The van der Waals surface area contributed by atoms with Crippen LogP contribution in [-0.4, -0.2) is 18.1 Å². The molecule has 1 heterocycles. The van der Waals surface area contributed by atoms with E-state index >= 15 is 0 Å². The Hall–Kier alpha value is -1.87. The summed E-state index contributed by atoms with van der Waals surface area (Å²) in [6.07, 6.45) is 5.22. The zero-order valence-electron chi connectivity index (χ0n) is 12.7. The summed E-state index contributed by atoms with van der Waals surface area (Å²) in [7, 11) is 1.73. The normalized spacial score (nSPS) is 18.9. The lowest BCUT2D eigenvalue weighted by molar-refractivity contribution is 0.400. The van der Waals surface area contributed by atoms with E-state index in [9.17, 15) is 0 Å².